The Morgan fingerprint density at radius 1 is 1.00 bits per heavy atom. The molecule has 0 amide bonds. The molecule has 0 radical (unpaired) electrons. The molecule has 3 rings (SSSR count). The summed E-state index contributed by atoms with van der Waals surface area (Å²) in [7, 11) is 0. The van der Waals surface area contributed by atoms with Gasteiger partial charge < -0.3 is 16.4 Å². The van der Waals surface area contributed by atoms with Gasteiger partial charge in [0, 0.05) is 10.2 Å². The van der Waals surface area contributed by atoms with E-state index in [9.17, 15) is 4.39 Å². The molecule has 0 bridgehead atoms. The fraction of sp³-hybridized carbons (Fsp3) is 0.158. The molecule has 0 aliphatic rings. The summed E-state index contributed by atoms with van der Waals surface area (Å²) in [6.45, 7) is 4.29. The van der Waals surface area contributed by atoms with E-state index in [1.807, 2.05) is 12.1 Å². The lowest BCUT2D eigenvalue weighted by Crippen LogP contribution is -2.06. The van der Waals surface area contributed by atoms with Gasteiger partial charge in [-0.25, -0.2) is 14.4 Å². The Balaban J connectivity index is 1.82. The van der Waals surface area contributed by atoms with E-state index in [1.54, 1.807) is 12.1 Å². The smallest absolute Gasteiger partial charge is 0.159 e. The summed E-state index contributed by atoms with van der Waals surface area (Å²) < 4.78 is 14.7. The predicted octanol–water partition coefficient (Wildman–Crippen LogP) is 5.57. The Kier molecular flexibility index (Phi) is 5.37. The molecule has 0 atom stereocenters. The highest BCUT2D eigenvalue weighted by atomic mass is 79.9. The number of halogens is 2. The van der Waals surface area contributed by atoms with Crippen molar-refractivity contribution in [2.24, 2.45) is 0 Å². The molecule has 5 nitrogen and oxygen atoms in total. The number of rotatable bonds is 5. The molecular weight excluding hydrogens is 397 g/mol. The van der Waals surface area contributed by atoms with Gasteiger partial charge in [0.05, 0.1) is 5.69 Å². The van der Waals surface area contributed by atoms with E-state index in [-0.39, 0.29) is 5.69 Å². The lowest BCUT2D eigenvalue weighted by Gasteiger charge is -2.13. The molecule has 7 heteroatoms. The predicted molar refractivity (Wildman–Crippen MR) is 108 cm³/mol. The fourth-order valence-corrected chi connectivity index (χ4v) is 2.73. The van der Waals surface area contributed by atoms with Crippen LogP contribution in [0.1, 0.15) is 25.3 Å². The van der Waals surface area contributed by atoms with Gasteiger partial charge in [-0.15, -0.1) is 0 Å². The number of nitrogens with two attached hydrogens (primary N) is 1. The van der Waals surface area contributed by atoms with E-state index in [0.29, 0.717) is 27.7 Å². The Morgan fingerprint density at radius 2 is 1.65 bits per heavy atom. The van der Waals surface area contributed by atoms with E-state index in [4.69, 9.17) is 5.73 Å². The maximum atomic E-state index is 14.0. The fourth-order valence-electron chi connectivity index (χ4n) is 2.40. The molecule has 0 saturated carbocycles. The molecule has 0 aliphatic carbocycles. The molecule has 1 heterocycles. The first-order chi connectivity index (χ1) is 12.4. The highest BCUT2D eigenvalue weighted by Crippen LogP contribution is 2.30. The molecule has 0 saturated heterocycles. The van der Waals surface area contributed by atoms with Crippen LogP contribution in [0, 0.1) is 5.82 Å². The molecule has 1 aromatic heterocycles. The van der Waals surface area contributed by atoms with E-state index in [2.05, 4.69) is 62.5 Å². The van der Waals surface area contributed by atoms with Crippen molar-refractivity contribution < 1.29 is 4.39 Å². The Labute approximate surface area is 160 Å². The molecule has 0 aliphatic heterocycles. The topological polar surface area (TPSA) is 75.9 Å². The number of nitrogens with one attached hydrogen (secondary N) is 2. The Bertz CT molecular complexity index is 912. The van der Waals surface area contributed by atoms with Gasteiger partial charge in [0.1, 0.15) is 17.8 Å². The minimum Gasteiger partial charge on any atom is -0.393 e. The highest BCUT2D eigenvalue weighted by Gasteiger charge is 2.11. The van der Waals surface area contributed by atoms with Crippen molar-refractivity contribution in [1.29, 1.82) is 0 Å². The normalized spacial score (nSPS) is 10.8. The van der Waals surface area contributed by atoms with Crippen LogP contribution in [0.5, 0.6) is 0 Å². The summed E-state index contributed by atoms with van der Waals surface area (Å²) in [6, 6.07) is 12.8. The highest BCUT2D eigenvalue weighted by molar-refractivity contribution is 9.10. The second kappa shape index (κ2) is 7.70. The third-order valence-corrected chi connectivity index (χ3v) is 4.40. The zero-order valence-corrected chi connectivity index (χ0v) is 16.0. The van der Waals surface area contributed by atoms with Crippen molar-refractivity contribution in [2.45, 2.75) is 19.8 Å². The van der Waals surface area contributed by atoms with Gasteiger partial charge in [-0.3, -0.25) is 0 Å². The molecule has 4 N–H and O–H groups in total. The summed E-state index contributed by atoms with van der Waals surface area (Å²) in [5, 5.41) is 6.08. The number of nitrogens with zero attached hydrogens (tertiary/aromatic N) is 2. The molecule has 0 spiro atoms. The van der Waals surface area contributed by atoms with Crippen LogP contribution in [0.15, 0.2) is 53.3 Å². The Hall–Kier alpha value is -2.67. The van der Waals surface area contributed by atoms with Crippen molar-refractivity contribution in [3.8, 4) is 0 Å². The van der Waals surface area contributed by atoms with Crippen molar-refractivity contribution >= 4 is 44.6 Å². The molecule has 134 valence electrons. The second-order valence-corrected chi connectivity index (χ2v) is 7.05. The first-order valence-electron chi connectivity index (χ1n) is 8.13. The standard InChI is InChI=1S/C19H19BrFN5/c1-11(2)12-3-6-14(7-4-12)25-18-17(22)19(24-10-23-18)26-16-8-5-13(20)9-15(16)21/h3-11H,22H2,1-2H3,(H2,23,24,25,26). The van der Waals surface area contributed by atoms with Crippen LogP contribution in [0.4, 0.5) is 33.1 Å². The van der Waals surface area contributed by atoms with Gasteiger partial charge in [-0.2, -0.15) is 0 Å². The first kappa shape index (κ1) is 18.1. The number of hydrogen-bond donors (Lipinski definition) is 3. The van der Waals surface area contributed by atoms with Gasteiger partial charge in [0.2, 0.25) is 0 Å². The quantitative estimate of drug-likeness (QED) is 0.507. The average molecular weight is 416 g/mol. The lowest BCUT2D eigenvalue weighted by atomic mass is 10.0. The molecule has 2 aromatic carbocycles. The van der Waals surface area contributed by atoms with Gasteiger partial charge in [0.25, 0.3) is 0 Å². The van der Waals surface area contributed by atoms with Crippen LogP contribution in [-0.2, 0) is 0 Å². The zero-order chi connectivity index (χ0) is 18.7. The summed E-state index contributed by atoms with van der Waals surface area (Å²) in [4.78, 5) is 8.29. The van der Waals surface area contributed by atoms with Crippen molar-refractivity contribution in [3.05, 3.63) is 64.6 Å². The third kappa shape index (κ3) is 4.11. The van der Waals surface area contributed by atoms with Crippen molar-refractivity contribution in [1.82, 2.24) is 9.97 Å². The van der Waals surface area contributed by atoms with Gasteiger partial charge in [-0.1, -0.05) is 41.9 Å². The minimum absolute atomic E-state index is 0.283. The molecule has 3 aromatic rings. The lowest BCUT2D eigenvalue weighted by molar-refractivity contribution is 0.631. The van der Waals surface area contributed by atoms with Crippen LogP contribution < -0.4 is 16.4 Å². The number of nitrogen functional groups attached to an aromatic ring is 1. The summed E-state index contributed by atoms with van der Waals surface area (Å²) in [5.74, 6) is 0.848. The second-order valence-electron chi connectivity index (χ2n) is 6.14. The number of benzene rings is 2. The minimum atomic E-state index is -0.406. The van der Waals surface area contributed by atoms with E-state index in [1.165, 1.54) is 18.0 Å². The van der Waals surface area contributed by atoms with Gasteiger partial charge in [0.15, 0.2) is 11.6 Å². The number of hydrogen-bond acceptors (Lipinski definition) is 5. The number of anilines is 5. The monoisotopic (exact) mass is 415 g/mol. The third-order valence-electron chi connectivity index (χ3n) is 3.91. The summed E-state index contributed by atoms with van der Waals surface area (Å²) in [6.07, 6.45) is 1.38. The van der Waals surface area contributed by atoms with E-state index < -0.39 is 5.82 Å². The van der Waals surface area contributed by atoms with Crippen LogP contribution in [-0.4, -0.2) is 9.97 Å². The maximum Gasteiger partial charge on any atom is 0.159 e. The van der Waals surface area contributed by atoms with Crippen molar-refractivity contribution in [3.63, 3.8) is 0 Å². The SMILES string of the molecule is CC(C)c1ccc(Nc2ncnc(Nc3ccc(Br)cc3F)c2N)cc1. The summed E-state index contributed by atoms with van der Waals surface area (Å²) >= 11 is 3.23. The van der Waals surface area contributed by atoms with Crippen LogP contribution in [0.3, 0.4) is 0 Å². The number of aromatic nitrogens is 2. The first-order valence-corrected chi connectivity index (χ1v) is 8.93. The maximum absolute atomic E-state index is 14.0. The van der Waals surface area contributed by atoms with Gasteiger partial charge >= 0.3 is 0 Å². The van der Waals surface area contributed by atoms with Crippen LogP contribution in [0.2, 0.25) is 0 Å². The van der Waals surface area contributed by atoms with Crippen LogP contribution >= 0.6 is 15.9 Å². The molecule has 0 unspecified atom stereocenters. The van der Waals surface area contributed by atoms with E-state index in [0.717, 1.165) is 5.69 Å². The summed E-state index contributed by atoms with van der Waals surface area (Å²) in [5.41, 5.74) is 8.86. The van der Waals surface area contributed by atoms with Crippen molar-refractivity contribution in [2.75, 3.05) is 16.4 Å². The van der Waals surface area contributed by atoms with Gasteiger partial charge in [-0.05, 0) is 41.8 Å². The molecule has 0 fully saturated rings. The zero-order valence-electron chi connectivity index (χ0n) is 14.4. The molecule has 26 heavy (non-hydrogen) atoms. The Morgan fingerprint density at radius 3 is 2.27 bits per heavy atom. The van der Waals surface area contributed by atoms with Crippen LogP contribution in [0.25, 0.3) is 0 Å². The average Bonchev–Trinajstić information content (AvgIpc) is 2.61. The largest absolute Gasteiger partial charge is 0.393 e. The molecular formula is C19H19BrFN5. The van der Waals surface area contributed by atoms with E-state index >= 15 is 0 Å².